The summed E-state index contributed by atoms with van der Waals surface area (Å²) in [5.74, 6) is 0.670. The number of nitrogens with two attached hydrogens (primary N) is 1. The summed E-state index contributed by atoms with van der Waals surface area (Å²) in [4.78, 5) is 9.60. The van der Waals surface area contributed by atoms with Crippen LogP contribution in [0.3, 0.4) is 0 Å². The molecule has 1 aliphatic rings. The summed E-state index contributed by atoms with van der Waals surface area (Å²) in [7, 11) is 0. The molecule has 0 saturated heterocycles. The number of aromatic nitrogens is 2. The molecule has 2 heterocycles. The highest BCUT2D eigenvalue weighted by molar-refractivity contribution is 5.40. The van der Waals surface area contributed by atoms with Crippen molar-refractivity contribution in [3.63, 3.8) is 0 Å². The highest BCUT2D eigenvalue weighted by Gasteiger charge is 2.35. The summed E-state index contributed by atoms with van der Waals surface area (Å²) in [6.07, 6.45) is -1.64. The zero-order valence-electron chi connectivity index (χ0n) is 8.91. The van der Waals surface area contributed by atoms with Crippen LogP contribution in [0.2, 0.25) is 0 Å². The van der Waals surface area contributed by atoms with Gasteiger partial charge in [-0.05, 0) is 12.5 Å². The van der Waals surface area contributed by atoms with Crippen LogP contribution in [-0.2, 0) is 0 Å². The van der Waals surface area contributed by atoms with Gasteiger partial charge in [-0.2, -0.15) is 18.2 Å². The highest BCUT2D eigenvalue weighted by Crippen LogP contribution is 2.30. The molecule has 4 nitrogen and oxygen atoms in total. The van der Waals surface area contributed by atoms with Crippen molar-refractivity contribution in [2.75, 3.05) is 23.7 Å². The standard InChI is InChI=1S/C10H11F3N4/c11-10(12,13)7-2-5-17(6-3-7)9-15-4-1-8(14)16-9/h1-2,4H,3,5-6H2,(H2,14,15,16). The van der Waals surface area contributed by atoms with E-state index in [0.717, 1.165) is 6.08 Å². The van der Waals surface area contributed by atoms with Crippen molar-refractivity contribution < 1.29 is 13.2 Å². The molecule has 1 aliphatic heterocycles. The van der Waals surface area contributed by atoms with E-state index >= 15 is 0 Å². The van der Waals surface area contributed by atoms with Crippen LogP contribution in [0.25, 0.3) is 0 Å². The summed E-state index contributed by atoms with van der Waals surface area (Å²) in [5.41, 5.74) is 5.00. The van der Waals surface area contributed by atoms with Crippen LogP contribution < -0.4 is 10.6 Å². The zero-order chi connectivity index (χ0) is 12.5. The molecule has 92 valence electrons. The van der Waals surface area contributed by atoms with Gasteiger partial charge in [-0.1, -0.05) is 6.08 Å². The first-order valence-corrected chi connectivity index (χ1v) is 5.06. The molecular weight excluding hydrogens is 233 g/mol. The largest absolute Gasteiger partial charge is 0.412 e. The van der Waals surface area contributed by atoms with Crippen molar-refractivity contribution in [3.8, 4) is 0 Å². The minimum Gasteiger partial charge on any atom is -0.384 e. The molecule has 0 saturated carbocycles. The Morgan fingerprint density at radius 1 is 1.35 bits per heavy atom. The lowest BCUT2D eigenvalue weighted by atomic mass is 10.1. The minimum atomic E-state index is -4.23. The predicted molar refractivity (Wildman–Crippen MR) is 57.4 cm³/mol. The molecule has 0 atom stereocenters. The second-order valence-electron chi connectivity index (χ2n) is 3.70. The van der Waals surface area contributed by atoms with Gasteiger partial charge < -0.3 is 10.6 Å². The van der Waals surface area contributed by atoms with Crippen molar-refractivity contribution in [3.05, 3.63) is 23.9 Å². The van der Waals surface area contributed by atoms with Gasteiger partial charge in [0.05, 0.1) is 0 Å². The van der Waals surface area contributed by atoms with Gasteiger partial charge in [0, 0.05) is 24.9 Å². The quantitative estimate of drug-likeness (QED) is 0.765. The van der Waals surface area contributed by atoms with Crippen LogP contribution in [0.15, 0.2) is 23.9 Å². The van der Waals surface area contributed by atoms with E-state index in [2.05, 4.69) is 9.97 Å². The molecule has 2 N–H and O–H groups in total. The van der Waals surface area contributed by atoms with Gasteiger partial charge in [-0.15, -0.1) is 0 Å². The summed E-state index contributed by atoms with van der Waals surface area (Å²) in [6.45, 7) is 0.396. The number of nitrogen functional groups attached to an aromatic ring is 1. The molecule has 2 rings (SSSR count). The molecule has 7 heteroatoms. The van der Waals surface area contributed by atoms with Gasteiger partial charge in [-0.25, -0.2) is 4.98 Å². The van der Waals surface area contributed by atoms with Gasteiger partial charge >= 0.3 is 6.18 Å². The molecule has 1 aromatic heterocycles. The first-order chi connectivity index (χ1) is 7.97. The first kappa shape index (κ1) is 11.7. The van der Waals surface area contributed by atoms with Crippen molar-refractivity contribution >= 4 is 11.8 Å². The lowest BCUT2D eigenvalue weighted by molar-refractivity contribution is -0.0944. The Kier molecular flexibility index (Phi) is 2.91. The molecule has 0 aliphatic carbocycles. The lowest BCUT2D eigenvalue weighted by Crippen LogP contribution is -2.33. The third kappa shape index (κ3) is 2.66. The van der Waals surface area contributed by atoms with E-state index < -0.39 is 11.7 Å². The SMILES string of the molecule is Nc1ccnc(N2CC=C(C(F)(F)F)CC2)n1. The molecule has 0 aromatic carbocycles. The van der Waals surface area contributed by atoms with Crippen LogP contribution in [0.4, 0.5) is 24.9 Å². The summed E-state index contributed by atoms with van der Waals surface area (Å²) < 4.78 is 37.2. The highest BCUT2D eigenvalue weighted by atomic mass is 19.4. The zero-order valence-corrected chi connectivity index (χ0v) is 8.91. The van der Waals surface area contributed by atoms with Crippen LogP contribution in [0.1, 0.15) is 6.42 Å². The molecule has 0 radical (unpaired) electrons. The number of hydrogen-bond donors (Lipinski definition) is 1. The first-order valence-electron chi connectivity index (χ1n) is 5.06. The van der Waals surface area contributed by atoms with Crippen molar-refractivity contribution in [1.82, 2.24) is 9.97 Å². The maximum atomic E-state index is 12.4. The number of nitrogens with zero attached hydrogens (tertiary/aromatic N) is 3. The Morgan fingerprint density at radius 2 is 2.12 bits per heavy atom. The Morgan fingerprint density at radius 3 is 2.65 bits per heavy atom. The average Bonchev–Trinajstić information content (AvgIpc) is 2.28. The predicted octanol–water partition coefficient (Wildman–Crippen LogP) is 1.76. The normalized spacial score (nSPS) is 16.9. The van der Waals surface area contributed by atoms with E-state index in [1.54, 1.807) is 4.90 Å². The van der Waals surface area contributed by atoms with E-state index in [-0.39, 0.29) is 19.5 Å². The van der Waals surface area contributed by atoms with Crippen molar-refractivity contribution in [1.29, 1.82) is 0 Å². The fourth-order valence-electron chi connectivity index (χ4n) is 1.62. The number of rotatable bonds is 1. The van der Waals surface area contributed by atoms with Crippen LogP contribution in [0, 0.1) is 0 Å². The van der Waals surface area contributed by atoms with Gasteiger partial charge in [-0.3, -0.25) is 0 Å². The van der Waals surface area contributed by atoms with Gasteiger partial charge in [0.25, 0.3) is 0 Å². The molecular formula is C10H11F3N4. The maximum Gasteiger partial charge on any atom is 0.412 e. The lowest BCUT2D eigenvalue weighted by Gasteiger charge is -2.27. The molecule has 0 fully saturated rings. The van der Waals surface area contributed by atoms with E-state index in [4.69, 9.17) is 5.73 Å². The minimum absolute atomic E-state index is 0.0539. The van der Waals surface area contributed by atoms with Crippen molar-refractivity contribution in [2.45, 2.75) is 12.6 Å². The second kappa shape index (κ2) is 4.23. The molecule has 1 aromatic rings. The third-order valence-electron chi connectivity index (χ3n) is 2.52. The second-order valence-corrected chi connectivity index (χ2v) is 3.70. The molecule has 0 bridgehead atoms. The Bertz CT molecular complexity index is 441. The third-order valence-corrected chi connectivity index (χ3v) is 2.52. The fraction of sp³-hybridized carbons (Fsp3) is 0.400. The maximum absolute atomic E-state index is 12.4. The number of halogens is 3. The molecule has 17 heavy (non-hydrogen) atoms. The number of anilines is 2. The molecule has 0 amide bonds. The van der Waals surface area contributed by atoms with Crippen LogP contribution >= 0.6 is 0 Å². The Labute approximate surface area is 96.0 Å². The summed E-state index contributed by atoms with van der Waals surface area (Å²) in [5, 5.41) is 0. The number of hydrogen-bond acceptors (Lipinski definition) is 4. The molecule has 0 unspecified atom stereocenters. The number of alkyl halides is 3. The van der Waals surface area contributed by atoms with E-state index in [1.807, 2.05) is 0 Å². The summed E-state index contributed by atoms with van der Waals surface area (Å²) in [6, 6.07) is 1.53. The monoisotopic (exact) mass is 244 g/mol. The fourth-order valence-corrected chi connectivity index (χ4v) is 1.62. The van der Waals surface area contributed by atoms with Gasteiger partial charge in [0.1, 0.15) is 5.82 Å². The molecule has 0 spiro atoms. The average molecular weight is 244 g/mol. The van der Waals surface area contributed by atoms with E-state index in [9.17, 15) is 13.2 Å². The smallest absolute Gasteiger partial charge is 0.384 e. The Hall–Kier alpha value is -1.79. The van der Waals surface area contributed by atoms with Crippen molar-refractivity contribution in [2.24, 2.45) is 0 Å². The Balaban J connectivity index is 2.12. The topological polar surface area (TPSA) is 55.0 Å². The van der Waals surface area contributed by atoms with E-state index in [0.29, 0.717) is 11.8 Å². The summed E-state index contributed by atoms with van der Waals surface area (Å²) >= 11 is 0. The van der Waals surface area contributed by atoms with Gasteiger partial charge in [0.15, 0.2) is 0 Å². The van der Waals surface area contributed by atoms with E-state index in [1.165, 1.54) is 12.3 Å². The van der Waals surface area contributed by atoms with Crippen LogP contribution in [0.5, 0.6) is 0 Å². The van der Waals surface area contributed by atoms with Crippen LogP contribution in [-0.4, -0.2) is 29.2 Å². The van der Waals surface area contributed by atoms with Gasteiger partial charge in [0.2, 0.25) is 5.95 Å².